The zero-order valence-electron chi connectivity index (χ0n) is 16.9. The van der Waals surface area contributed by atoms with Gasteiger partial charge in [-0.2, -0.15) is 0 Å². The summed E-state index contributed by atoms with van der Waals surface area (Å²) in [6.07, 6.45) is 8.02. The number of hydrogen-bond acceptors (Lipinski definition) is 6. The summed E-state index contributed by atoms with van der Waals surface area (Å²) in [5.41, 5.74) is 10.1. The first-order chi connectivity index (χ1) is 14.6. The lowest BCUT2D eigenvalue weighted by molar-refractivity contribution is -0.125. The van der Waals surface area contributed by atoms with E-state index >= 15 is 0 Å². The number of aromatic nitrogens is 4. The van der Waals surface area contributed by atoms with Gasteiger partial charge >= 0.3 is 0 Å². The minimum absolute atomic E-state index is 0.0413. The molecule has 3 aromatic heterocycles. The van der Waals surface area contributed by atoms with Crippen molar-refractivity contribution in [2.24, 2.45) is 7.05 Å². The summed E-state index contributed by atoms with van der Waals surface area (Å²) in [6, 6.07) is 3.91. The van der Waals surface area contributed by atoms with E-state index in [9.17, 15) is 4.79 Å². The molecule has 0 spiro atoms. The fraction of sp³-hybridized carbons (Fsp3) is 0.364. The van der Waals surface area contributed by atoms with Crippen molar-refractivity contribution in [3.05, 3.63) is 43.0 Å². The molecule has 0 aromatic carbocycles. The third-order valence-electron chi connectivity index (χ3n) is 5.94. The van der Waals surface area contributed by atoms with Crippen molar-refractivity contribution >= 4 is 22.8 Å². The fourth-order valence-electron chi connectivity index (χ4n) is 4.33. The Hall–Kier alpha value is -3.42. The zero-order valence-corrected chi connectivity index (χ0v) is 16.9. The van der Waals surface area contributed by atoms with Gasteiger partial charge in [0.2, 0.25) is 11.8 Å². The van der Waals surface area contributed by atoms with E-state index in [-0.39, 0.29) is 11.8 Å². The number of nitrogens with zero attached hydrogens (tertiary/aromatic N) is 5. The summed E-state index contributed by atoms with van der Waals surface area (Å²) >= 11 is 0. The standard InChI is InChI=1S/C22H24N6O2/c1-3-17(29)28-9-8-14(11-28)20-18(19-21(23)25-12-26-22(19)27(20)2)13-4-7-16(24-10-13)30-15-5-6-15/h3-4,7,10,12,14-15H,1,5-6,8-9,11H2,2H3,(H2,23,25,26). The molecule has 5 rings (SSSR count). The average molecular weight is 404 g/mol. The van der Waals surface area contributed by atoms with Crippen LogP contribution in [0, 0.1) is 0 Å². The molecule has 0 bridgehead atoms. The first-order valence-corrected chi connectivity index (χ1v) is 10.2. The maximum Gasteiger partial charge on any atom is 0.245 e. The van der Waals surface area contributed by atoms with Crippen molar-refractivity contribution < 1.29 is 9.53 Å². The maximum atomic E-state index is 12.1. The molecule has 30 heavy (non-hydrogen) atoms. The number of likely N-dealkylation sites (tertiary alicyclic amines) is 1. The first-order valence-electron chi connectivity index (χ1n) is 10.2. The predicted molar refractivity (Wildman–Crippen MR) is 114 cm³/mol. The summed E-state index contributed by atoms with van der Waals surface area (Å²) in [5, 5.41) is 0.821. The monoisotopic (exact) mass is 404 g/mol. The highest BCUT2D eigenvalue weighted by Crippen LogP contribution is 2.42. The smallest absolute Gasteiger partial charge is 0.245 e. The Bertz CT molecular complexity index is 1130. The number of anilines is 1. The van der Waals surface area contributed by atoms with Gasteiger partial charge in [-0.15, -0.1) is 0 Å². The van der Waals surface area contributed by atoms with Gasteiger partial charge in [-0.3, -0.25) is 4.79 Å². The summed E-state index contributed by atoms with van der Waals surface area (Å²) in [6.45, 7) is 4.94. The predicted octanol–water partition coefficient (Wildman–Crippen LogP) is 2.66. The van der Waals surface area contributed by atoms with Crippen molar-refractivity contribution in [1.82, 2.24) is 24.4 Å². The van der Waals surface area contributed by atoms with Crippen LogP contribution < -0.4 is 10.5 Å². The number of ether oxygens (including phenoxy) is 1. The van der Waals surface area contributed by atoms with Crippen LogP contribution in [-0.4, -0.2) is 49.5 Å². The van der Waals surface area contributed by atoms with E-state index in [0.717, 1.165) is 47.1 Å². The topological polar surface area (TPSA) is 99.2 Å². The van der Waals surface area contributed by atoms with E-state index in [2.05, 4.69) is 26.1 Å². The van der Waals surface area contributed by atoms with E-state index in [0.29, 0.717) is 30.9 Å². The molecule has 1 aliphatic carbocycles. The molecule has 154 valence electrons. The Morgan fingerprint density at radius 2 is 2.10 bits per heavy atom. The van der Waals surface area contributed by atoms with Gasteiger partial charge in [-0.25, -0.2) is 15.0 Å². The molecule has 8 nitrogen and oxygen atoms in total. The Kier molecular flexibility index (Phi) is 4.42. The first kappa shape index (κ1) is 18.6. The molecule has 1 saturated carbocycles. The lowest BCUT2D eigenvalue weighted by Crippen LogP contribution is -2.26. The van der Waals surface area contributed by atoms with Crippen LogP contribution in [0.2, 0.25) is 0 Å². The molecule has 1 amide bonds. The minimum Gasteiger partial charge on any atom is -0.474 e. The van der Waals surface area contributed by atoms with Gasteiger partial charge in [0.05, 0.1) is 5.39 Å². The van der Waals surface area contributed by atoms with E-state index in [1.165, 1.54) is 12.4 Å². The fourth-order valence-corrected chi connectivity index (χ4v) is 4.33. The maximum absolute atomic E-state index is 12.1. The number of nitrogen functional groups attached to an aromatic ring is 1. The highest BCUT2D eigenvalue weighted by molar-refractivity contribution is 6.02. The summed E-state index contributed by atoms with van der Waals surface area (Å²) in [5.74, 6) is 1.19. The van der Waals surface area contributed by atoms with Crippen LogP contribution in [0.1, 0.15) is 30.9 Å². The number of carbonyl (C=O) groups is 1. The second kappa shape index (κ2) is 7.12. The number of amides is 1. The van der Waals surface area contributed by atoms with E-state index in [1.807, 2.05) is 30.3 Å². The number of aryl methyl sites for hydroxylation is 1. The van der Waals surface area contributed by atoms with Crippen LogP contribution in [0.3, 0.4) is 0 Å². The Balaban J connectivity index is 1.61. The van der Waals surface area contributed by atoms with Crippen LogP contribution >= 0.6 is 0 Å². The molecular weight excluding hydrogens is 380 g/mol. The quantitative estimate of drug-likeness (QED) is 0.657. The summed E-state index contributed by atoms with van der Waals surface area (Å²) in [7, 11) is 1.99. The molecule has 2 fully saturated rings. The zero-order chi connectivity index (χ0) is 20.8. The van der Waals surface area contributed by atoms with E-state index < -0.39 is 0 Å². The van der Waals surface area contributed by atoms with Crippen molar-refractivity contribution in [3.8, 4) is 17.0 Å². The number of pyridine rings is 1. The lowest BCUT2D eigenvalue weighted by atomic mass is 9.95. The summed E-state index contributed by atoms with van der Waals surface area (Å²) < 4.78 is 7.87. The molecule has 1 saturated heterocycles. The van der Waals surface area contributed by atoms with Gasteiger partial charge in [0.15, 0.2) is 0 Å². The lowest BCUT2D eigenvalue weighted by Gasteiger charge is -2.17. The normalized spacial score (nSPS) is 18.7. The molecule has 1 atom stereocenters. The van der Waals surface area contributed by atoms with Crippen LogP contribution in [0.15, 0.2) is 37.3 Å². The molecular formula is C22H24N6O2. The minimum atomic E-state index is -0.0413. The van der Waals surface area contributed by atoms with Crippen LogP contribution in [0.5, 0.6) is 5.88 Å². The van der Waals surface area contributed by atoms with Crippen LogP contribution in [-0.2, 0) is 11.8 Å². The highest BCUT2D eigenvalue weighted by Gasteiger charge is 2.32. The largest absolute Gasteiger partial charge is 0.474 e. The molecule has 2 aliphatic rings. The molecule has 8 heteroatoms. The SMILES string of the molecule is C=CC(=O)N1CCC(c2c(-c3ccc(OC4CC4)nc3)c3c(N)ncnc3n2C)C1. The molecule has 4 heterocycles. The van der Waals surface area contributed by atoms with Gasteiger partial charge in [0, 0.05) is 55.1 Å². The Morgan fingerprint density at radius 3 is 2.80 bits per heavy atom. The van der Waals surface area contributed by atoms with Crippen LogP contribution in [0.25, 0.3) is 22.2 Å². The number of fused-ring (bicyclic) bond motifs is 1. The number of hydrogen-bond donors (Lipinski definition) is 1. The third-order valence-corrected chi connectivity index (χ3v) is 5.94. The summed E-state index contributed by atoms with van der Waals surface area (Å²) in [4.78, 5) is 27.2. The second-order valence-corrected chi connectivity index (χ2v) is 7.95. The molecule has 1 unspecified atom stereocenters. The van der Waals surface area contributed by atoms with Crippen molar-refractivity contribution in [1.29, 1.82) is 0 Å². The van der Waals surface area contributed by atoms with E-state index in [1.54, 1.807) is 0 Å². The molecule has 2 N–H and O–H groups in total. The van der Waals surface area contributed by atoms with Gasteiger partial charge in [0.1, 0.15) is 23.9 Å². The second-order valence-electron chi connectivity index (χ2n) is 7.95. The number of carbonyl (C=O) groups excluding carboxylic acids is 1. The highest BCUT2D eigenvalue weighted by atomic mass is 16.5. The van der Waals surface area contributed by atoms with Crippen molar-refractivity contribution in [2.45, 2.75) is 31.3 Å². The number of nitrogens with two attached hydrogens (primary N) is 1. The van der Waals surface area contributed by atoms with E-state index in [4.69, 9.17) is 10.5 Å². The Labute approximate surface area is 174 Å². The van der Waals surface area contributed by atoms with Gasteiger partial charge in [0.25, 0.3) is 0 Å². The average Bonchev–Trinajstić information content (AvgIpc) is 3.34. The van der Waals surface area contributed by atoms with Gasteiger partial charge < -0.3 is 19.9 Å². The number of rotatable bonds is 5. The molecule has 1 aliphatic heterocycles. The molecule has 3 aromatic rings. The third kappa shape index (κ3) is 3.08. The molecule has 0 radical (unpaired) electrons. The van der Waals surface area contributed by atoms with Crippen LogP contribution in [0.4, 0.5) is 5.82 Å². The Morgan fingerprint density at radius 1 is 1.27 bits per heavy atom. The van der Waals surface area contributed by atoms with Gasteiger partial charge in [-0.05, 0) is 31.4 Å². The van der Waals surface area contributed by atoms with Crippen molar-refractivity contribution in [2.75, 3.05) is 18.8 Å². The van der Waals surface area contributed by atoms with Gasteiger partial charge in [-0.1, -0.05) is 6.58 Å². The van der Waals surface area contributed by atoms with Crippen molar-refractivity contribution in [3.63, 3.8) is 0 Å².